The van der Waals surface area contributed by atoms with Crippen molar-refractivity contribution in [3.05, 3.63) is 11.8 Å². The van der Waals surface area contributed by atoms with E-state index >= 15 is 0 Å². The largest absolute Gasteiger partial charge is 0.512 e. The zero-order valence-electron chi connectivity index (χ0n) is 12.2. The topological polar surface area (TPSA) is 29.5 Å². The third-order valence-corrected chi connectivity index (χ3v) is 7.81. The lowest BCUT2D eigenvalue weighted by atomic mass is 10.1. The van der Waals surface area contributed by atoms with Crippen LogP contribution in [0.25, 0.3) is 0 Å². The molecule has 0 spiro atoms. The van der Waals surface area contributed by atoms with E-state index in [1.807, 2.05) is 6.08 Å². The Morgan fingerprint density at radius 1 is 1.06 bits per heavy atom. The Morgan fingerprint density at radius 3 is 1.71 bits per heavy atom. The fourth-order valence-corrected chi connectivity index (χ4v) is 10.1. The molecule has 100 valence electrons. The van der Waals surface area contributed by atoms with Crippen LogP contribution in [0.2, 0.25) is 39.3 Å². The first-order valence-electron chi connectivity index (χ1n) is 6.68. The highest BCUT2D eigenvalue weighted by molar-refractivity contribution is 6.83. The summed E-state index contributed by atoms with van der Waals surface area (Å²) in [6, 6.07) is 0. The lowest BCUT2D eigenvalue weighted by molar-refractivity contribution is 0.339. The second-order valence-electron chi connectivity index (χ2n) is 7.19. The minimum absolute atomic E-state index is 0.556. The summed E-state index contributed by atoms with van der Waals surface area (Å²) in [4.78, 5) is 0. The van der Waals surface area contributed by atoms with Crippen LogP contribution in [-0.2, 0) is 4.12 Å². The SMILES string of the molecule is C[Si](C)(C)O[Si](C)(C)C.OC1=CC2CCC1C2. The van der Waals surface area contributed by atoms with Crippen LogP contribution in [0.3, 0.4) is 0 Å². The summed E-state index contributed by atoms with van der Waals surface area (Å²) >= 11 is 0. The van der Waals surface area contributed by atoms with Crippen LogP contribution in [0.4, 0.5) is 0 Å². The van der Waals surface area contributed by atoms with Gasteiger partial charge in [0.1, 0.15) is 0 Å². The molecule has 2 bridgehead atoms. The van der Waals surface area contributed by atoms with Crippen molar-refractivity contribution in [1.29, 1.82) is 0 Å². The predicted octanol–water partition coefficient (Wildman–Crippen LogP) is 4.53. The van der Waals surface area contributed by atoms with Gasteiger partial charge in [-0.25, -0.2) is 0 Å². The third kappa shape index (κ3) is 5.88. The maximum Gasteiger partial charge on any atom is 0.170 e. The summed E-state index contributed by atoms with van der Waals surface area (Å²) in [5.41, 5.74) is 0. The molecule has 1 fully saturated rings. The van der Waals surface area contributed by atoms with Gasteiger partial charge >= 0.3 is 0 Å². The van der Waals surface area contributed by atoms with Crippen molar-refractivity contribution in [2.45, 2.75) is 58.5 Å². The van der Waals surface area contributed by atoms with Crippen molar-refractivity contribution >= 4 is 16.6 Å². The summed E-state index contributed by atoms with van der Waals surface area (Å²) in [5, 5.41) is 9.08. The van der Waals surface area contributed by atoms with Crippen molar-refractivity contribution in [3.8, 4) is 0 Å². The lowest BCUT2D eigenvalue weighted by Gasteiger charge is -2.27. The van der Waals surface area contributed by atoms with Gasteiger partial charge in [0.2, 0.25) is 0 Å². The Balaban J connectivity index is 0.000000170. The molecule has 0 radical (unpaired) electrons. The molecule has 1 saturated carbocycles. The maximum atomic E-state index is 9.08. The second kappa shape index (κ2) is 5.28. The Morgan fingerprint density at radius 2 is 1.59 bits per heavy atom. The molecule has 0 aromatic heterocycles. The molecule has 0 saturated heterocycles. The summed E-state index contributed by atoms with van der Waals surface area (Å²) < 4.78 is 5.90. The van der Waals surface area contributed by atoms with Gasteiger partial charge in [0.05, 0.1) is 5.76 Å². The molecule has 2 nitrogen and oxygen atoms in total. The average molecular weight is 273 g/mol. The zero-order chi connectivity index (χ0) is 13.3. The summed E-state index contributed by atoms with van der Waals surface area (Å²) in [6.07, 6.45) is 5.79. The van der Waals surface area contributed by atoms with Crippen molar-refractivity contribution in [1.82, 2.24) is 0 Å². The first-order valence-corrected chi connectivity index (χ1v) is 13.5. The van der Waals surface area contributed by atoms with Crippen LogP contribution >= 0.6 is 0 Å². The van der Waals surface area contributed by atoms with Crippen LogP contribution in [-0.4, -0.2) is 21.7 Å². The van der Waals surface area contributed by atoms with E-state index in [0.717, 1.165) is 5.92 Å². The number of hydrogen-bond donors (Lipinski definition) is 1. The van der Waals surface area contributed by atoms with Gasteiger partial charge in [0, 0.05) is 5.92 Å². The number of allylic oxidation sites excluding steroid dienone is 2. The van der Waals surface area contributed by atoms with Gasteiger partial charge in [-0.05, 0) is 70.5 Å². The lowest BCUT2D eigenvalue weighted by Crippen LogP contribution is -2.39. The van der Waals surface area contributed by atoms with Crippen molar-refractivity contribution < 1.29 is 9.22 Å². The van der Waals surface area contributed by atoms with Gasteiger partial charge in [-0.2, -0.15) is 0 Å². The normalized spacial score (nSPS) is 27.5. The fourth-order valence-electron chi connectivity index (χ4n) is 2.73. The molecule has 4 heteroatoms. The highest BCUT2D eigenvalue weighted by Crippen LogP contribution is 2.42. The number of hydrogen-bond acceptors (Lipinski definition) is 2. The second-order valence-corrected chi connectivity index (χ2v) is 16.5. The van der Waals surface area contributed by atoms with E-state index in [2.05, 4.69) is 39.3 Å². The molecular formula is C13H28O2Si2. The van der Waals surface area contributed by atoms with Crippen LogP contribution in [0, 0.1) is 11.8 Å². The third-order valence-electron chi connectivity index (χ3n) is 2.91. The molecule has 0 heterocycles. The van der Waals surface area contributed by atoms with E-state index in [-0.39, 0.29) is 0 Å². The summed E-state index contributed by atoms with van der Waals surface area (Å²) in [5.74, 6) is 1.96. The highest BCUT2D eigenvalue weighted by Gasteiger charge is 2.32. The summed E-state index contributed by atoms with van der Waals surface area (Å²) in [7, 11) is -2.46. The van der Waals surface area contributed by atoms with Gasteiger partial charge in [-0.1, -0.05) is 0 Å². The molecule has 0 amide bonds. The van der Waals surface area contributed by atoms with Crippen molar-refractivity contribution in [2.24, 2.45) is 11.8 Å². The Kier molecular flexibility index (Phi) is 4.66. The Labute approximate surface area is 108 Å². The molecular weight excluding hydrogens is 244 g/mol. The average Bonchev–Trinajstić information content (AvgIpc) is 2.57. The first kappa shape index (κ1) is 15.0. The molecule has 2 rings (SSSR count). The smallest absolute Gasteiger partial charge is 0.170 e. The minimum atomic E-state index is -1.23. The van der Waals surface area contributed by atoms with Crippen molar-refractivity contribution in [2.75, 3.05) is 0 Å². The van der Waals surface area contributed by atoms with E-state index in [1.54, 1.807) is 0 Å². The van der Waals surface area contributed by atoms with E-state index in [1.165, 1.54) is 19.3 Å². The van der Waals surface area contributed by atoms with Gasteiger partial charge in [-0.3, -0.25) is 0 Å². The minimum Gasteiger partial charge on any atom is -0.512 e. The highest BCUT2D eigenvalue weighted by atomic mass is 28.4. The first-order chi connectivity index (χ1) is 7.57. The molecule has 0 aromatic carbocycles. The van der Waals surface area contributed by atoms with Gasteiger partial charge in [0.25, 0.3) is 0 Å². The quantitative estimate of drug-likeness (QED) is 0.748. The van der Waals surface area contributed by atoms with Crippen molar-refractivity contribution in [3.63, 3.8) is 0 Å². The fraction of sp³-hybridized carbons (Fsp3) is 0.846. The molecule has 2 aliphatic rings. The maximum absolute atomic E-state index is 9.08. The molecule has 1 N–H and O–H groups in total. The molecule has 0 aliphatic heterocycles. The standard InChI is InChI=1S/C7H10O.C6H18OSi2/c8-7-4-5-1-2-6(7)3-5;1-8(2,3)7-9(4,5)6/h4-6,8H,1-3H2;1-6H3. The molecule has 2 atom stereocenters. The van der Waals surface area contributed by atoms with E-state index in [0.29, 0.717) is 11.7 Å². The van der Waals surface area contributed by atoms with Gasteiger partial charge in [-0.15, -0.1) is 0 Å². The van der Waals surface area contributed by atoms with E-state index < -0.39 is 16.6 Å². The molecule has 17 heavy (non-hydrogen) atoms. The Hall–Kier alpha value is -0.0662. The Bertz CT molecular complexity index is 275. The number of fused-ring (bicyclic) bond motifs is 2. The summed E-state index contributed by atoms with van der Waals surface area (Å²) in [6.45, 7) is 13.4. The number of rotatable bonds is 2. The molecule has 2 aliphatic carbocycles. The van der Waals surface area contributed by atoms with Crippen LogP contribution in [0.1, 0.15) is 19.3 Å². The molecule has 2 unspecified atom stereocenters. The van der Waals surface area contributed by atoms with Gasteiger partial charge in [0.15, 0.2) is 16.6 Å². The number of aliphatic hydroxyl groups excluding tert-OH is 1. The van der Waals surface area contributed by atoms with Crippen LogP contribution in [0.15, 0.2) is 11.8 Å². The van der Waals surface area contributed by atoms with E-state index in [9.17, 15) is 0 Å². The number of aliphatic hydroxyl groups is 1. The van der Waals surface area contributed by atoms with Crippen LogP contribution < -0.4 is 0 Å². The predicted molar refractivity (Wildman–Crippen MR) is 79.3 cm³/mol. The van der Waals surface area contributed by atoms with E-state index in [4.69, 9.17) is 9.22 Å². The monoisotopic (exact) mass is 272 g/mol. The zero-order valence-corrected chi connectivity index (χ0v) is 14.2. The molecule has 0 aromatic rings. The van der Waals surface area contributed by atoms with Crippen LogP contribution in [0.5, 0.6) is 0 Å². The van der Waals surface area contributed by atoms with Gasteiger partial charge < -0.3 is 9.22 Å².